The molecule has 0 aliphatic rings. The van der Waals surface area contributed by atoms with Gasteiger partial charge in [-0.25, -0.2) is 0 Å². The summed E-state index contributed by atoms with van der Waals surface area (Å²) in [6, 6.07) is 1.70. The van der Waals surface area contributed by atoms with E-state index >= 15 is 0 Å². The zero-order valence-electron chi connectivity index (χ0n) is 10.4. The Hall–Kier alpha value is -1.62. The molecule has 1 aromatic heterocycles. The summed E-state index contributed by atoms with van der Waals surface area (Å²) in [5.41, 5.74) is 3.67. The minimum atomic E-state index is -0.0187. The average molecular weight is 236 g/mol. The topological polar surface area (TPSA) is 71.2 Å². The van der Waals surface area contributed by atoms with E-state index < -0.39 is 0 Å². The highest BCUT2D eigenvalue weighted by atomic mass is 16.2. The molecule has 0 aliphatic heterocycles. The highest BCUT2D eigenvalue weighted by Gasteiger charge is 2.17. The van der Waals surface area contributed by atoms with Crippen LogP contribution in [0.2, 0.25) is 0 Å². The minimum absolute atomic E-state index is 0.0187. The maximum absolute atomic E-state index is 12.3. The number of hydrogen-bond donors (Lipinski definition) is 2. The van der Waals surface area contributed by atoms with Crippen molar-refractivity contribution in [1.82, 2.24) is 9.88 Å². The fraction of sp³-hybridized carbons (Fsp3) is 0.500. The van der Waals surface area contributed by atoms with Crippen LogP contribution in [0.4, 0.5) is 5.69 Å². The number of pyridine rings is 1. The van der Waals surface area contributed by atoms with Crippen LogP contribution in [0, 0.1) is 0 Å². The second kappa shape index (κ2) is 6.85. The summed E-state index contributed by atoms with van der Waals surface area (Å²) < 4.78 is 0. The van der Waals surface area contributed by atoms with Gasteiger partial charge in [0.15, 0.2) is 0 Å². The van der Waals surface area contributed by atoms with Gasteiger partial charge in [-0.15, -0.1) is 0 Å². The first-order chi connectivity index (χ1) is 8.24. The van der Waals surface area contributed by atoms with Crippen molar-refractivity contribution in [2.45, 2.75) is 26.7 Å². The molecule has 0 bridgehead atoms. The Morgan fingerprint density at radius 1 is 1.41 bits per heavy atom. The van der Waals surface area contributed by atoms with E-state index in [1.54, 1.807) is 18.5 Å². The number of hydrazine groups is 1. The Kier molecular flexibility index (Phi) is 5.42. The number of nitrogens with two attached hydrogens (primary N) is 1. The summed E-state index contributed by atoms with van der Waals surface area (Å²) in [6.07, 6.45) is 5.04. The molecule has 1 rings (SSSR count). The van der Waals surface area contributed by atoms with Crippen molar-refractivity contribution in [3.63, 3.8) is 0 Å². The van der Waals surface area contributed by atoms with Gasteiger partial charge in [0.1, 0.15) is 0 Å². The zero-order chi connectivity index (χ0) is 12.7. The fourth-order valence-corrected chi connectivity index (χ4v) is 1.72. The Morgan fingerprint density at radius 3 is 2.59 bits per heavy atom. The molecular formula is C12H20N4O. The highest BCUT2D eigenvalue weighted by Crippen LogP contribution is 2.15. The van der Waals surface area contributed by atoms with Crippen LogP contribution in [0.5, 0.6) is 0 Å². The molecule has 0 saturated carbocycles. The predicted octanol–water partition coefficient (Wildman–Crippen LogP) is 1.63. The maximum atomic E-state index is 12.3. The molecule has 1 heterocycles. The van der Waals surface area contributed by atoms with Gasteiger partial charge in [0.05, 0.1) is 11.3 Å². The molecule has 0 atom stereocenters. The van der Waals surface area contributed by atoms with Crippen molar-refractivity contribution >= 4 is 11.6 Å². The molecule has 0 saturated heterocycles. The zero-order valence-corrected chi connectivity index (χ0v) is 10.4. The lowest BCUT2D eigenvalue weighted by Gasteiger charge is -2.22. The van der Waals surface area contributed by atoms with Gasteiger partial charge >= 0.3 is 0 Å². The summed E-state index contributed by atoms with van der Waals surface area (Å²) >= 11 is 0. The van der Waals surface area contributed by atoms with Gasteiger partial charge in [0.2, 0.25) is 0 Å². The lowest BCUT2D eigenvalue weighted by Crippen LogP contribution is -2.33. The molecule has 94 valence electrons. The number of amides is 1. The molecule has 5 nitrogen and oxygen atoms in total. The highest BCUT2D eigenvalue weighted by molar-refractivity contribution is 5.99. The molecule has 5 heteroatoms. The summed E-state index contributed by atoms with van der Waals surface area (Å²) in [6.45, 7) is 5.62. The Bertz CT molecular complexity index is 361. The van der Waals surface area contributed by atoms with Crippen molar-refractivity contribution in [2.24, 2.45) is 5.84 Å². The van der Waals surface area contributed by atoms with Gasteiger partial charge in [-0.05, 0) is 18.9 Å². The number of nitrogens with zero attached hydrogens (tertiary/aromatic N) is 2. The Morgan fingerprint density at radius 2 is 2.06 bits per heavy atom. The van der Waals surface area contributed by atoms with Crippen molar-refractivity contribution < 1.29 is 4.79 Å². The molecule has 1 amide bonds. The van der Waals surface area contributed by atoms with Gasteiger partial charge in [0, 0.05) is 25.5 Å². The quantitative estimate of drug-likeness (QED) is 0.581. The van der Waals surface area contributed by atoms with E-state index in [-0.39, 0.29) is 5.91 Å². The Balaban J connectivity index is 2.92. The summed E-state index contributed by atoms with van der Waals surface area (Å²) in [5, 5.41) is 0. The molecular weight excluding hydrogens is 216 g/mol. The van der Waals surface area contributed by atoms with Crippen molar-refractivity contribution in [3.8, 4) is 0 Å². The molecule has 0 radical (unpaired) electrons. The maximum Gasteiger partial charge on any atom is 0.257 e. The van der Waals surface area contributed by atoms with Gasteiger partial charge in [-0.3, -0.25) is 15.6 Å². The third-order valence-electron chi connectivity index (χ3n) is 2.48. The first kappa shape index (κ1) is 13.4. The molecule has 1 aromatic rings. The lowest BCUT2D eigenvalue weighted by atomic mass is 10.2. The van der Waals surface area contributed by atoms with Gasteiger partial charge in [0.25, 0.3) is 5.91 Å². The molecule has 0 aromatic carbocycles. The first-order valence-electron chi connectivity index (χ1n) is 5.94. The van der Waals surface area contributed by atoms with Crippen molar-refractivity contribution in [3.05, 3.63) is 24.0 Å². The number of aromatic nitrogens is 1. The van der Waals surface area contributed by atoms with E-state index in [0.717, 1.165) is 25.9 Å². The van der Waals surface area contributed by atoms with E-state index in [0.29, 0.717) is 11.3 Å². The average Bonchev–Trinajstić information content (AvgIpc) is 2.37. The van der Waals surface area contributed by atoms with Gasteiger partial charge < -0.3 is 10.3 Å². The molecule has 0 fully saturated rings. The lowest BCUT2D eigenvalue weighted by molar-refractivity contribution is 0.0756. The number of anilines is 1. The number of hydrogen-bond acceptors (Lipinski definition) is 4. The SMILES string of the molecule is CCCN(CCC)C(=O)c1cnccc1NN. The van der Waals surface area contributed by atoms with Crippen LogP contribution in [0.1, 0.15) is 37.0 Å². The van der Waals surface area contributed by atoms with E-state index in [2.05, 4.69) is 24.3 Å². The van der Waals surface area contributed by atoms with E-state index in [1.165, 1.54) is 0 Å². The third-order valence-corrected chi connectivity index (χ3v) is 2.48. The summed E-state index contributed by atoms with van der Waals surface area (Å²) in [7, 11) is 0. The normalized spacial score (nSPS) is 10.1. The summed E-state index contributed by atoms with van der Waals surface area (Å²) in [4.78, 5) is 18.1. The second-order valence-corrected chi connectivity index (χ2v) is 3.86. The molecule has 0 unspecified atom stereocenters. The number of nitrogens with one attached hydrogen (secondary N) is 1. The molecule has 0 spiro atoms. The molecule has 17 heavy (non-hydrogen) atoms. The molecule has 3 N–H and O–H groups in total. The second-order valence-electron chi connectivity index (χ2n) is 3.86. The smallest absolute Gasteiger partial charge is 0.257 e. The van der Waals surface area contributed by atoms with Crippen molar-refractivity contribution in [1.29, 1.82) is 0 Å². The molecule has 0 aliphatic carbocycles. The standard InChI is InChI=1S/C12H20N4O/c1-3-7-16(8-4-2)12(17)10-9-14-6-5-11(10)15-13/h5-6,9H,3-4,7-8,13H2,1-2H3,(H,14,15). The van der Waals surface area contributed by atoms with E-state index in [4.69, 9.17) is 5.84 Å². The van der Waals surface area contributed by atoms with Crippen LogP contribution in [0.3, 0.4) is 0 Å². The van der Waals surface area contributed by atoms with Crippen LogP contribution in [0.25, 0.3) is 0 Å². The van der Waals surface area contributed by atoms with Crippen LogP contribution in [-0.2, 0) is 0 Å². The van der Waals surface area contributed by atoms with Crippen LogP contribution in [0.15, 0.2) is 18.5 Å². The summed E-state index contributed by atoms with van der Waals surface area (Å²) in [5.74, 6) is 5.37. The fourth-order valence-electron chi connectivity index (χ4n) is 1.72. The van der Waals surface area contributed by atoms with E-state index in [1.807, 2.05) is 4.90 Å². The number of carbonyl (C=O) groups excluding carboxylic acids is 1. The Labute approximate surface area is 102 Å². The minimum Gasteiger partial charge on any atom is -0.339 e. The van der Waals surface area contributed by atoms with E-state index in [9.17, 15) is 4.79 Å². The first-order valence-corrected chi connectivity index (χ1v) is 5.94. The predicted molar refractivity (Wildman–Crippen MR) is 68.5 cm³/mol. The van der Waals surface area contributed by atoms with Crippen LogP contribution < -0.4 is 11.3 Å². The van der Waals surface area contributed by atoms with Crippen molar-refractivity contribution in [2.75, 3.05) is 18.5 Å². The number of carbonyl (C=O) groups is 1. The number of rotatable bonds is 6. The number of nitrogen functional groups attached to an aromatic ring is 1. The van der Waals surface area contributed by atoms with Crippen LogP contribution >= 0.6 is 0 Å². The van der Waals surface area contributed by atoms with Gasteiger partial charge in [-0.2, -0.15) is 0 Å². The van der Waals surface area contributed by atoms with Crippen LogP contribution in [-0.4, -0.2) is 28.9 Å². The third kappa shape index (κ3) is 3.42. The van der Waals surface area contributed by atoms with Gasteiger partial charge in [-0.1, -0.05) is 13.8 Å². The largest absolute Gasteiger partial charge is 0.339 e. The monoisotopic (exact) mass is 236 g/mol.